The Bertz CT molecular complexity index is 607. The monoisotopic (exact) mass is 320 g/mol. The van der Waals surface area contributed by atoms with Gasteiger partial charge in [0.2, 0.25) is 0 Å². The van der Waals surface area contributed by atoms with Gasteiger partial charge in [-0.25, -0.2) is 4.79 Å². The average molecular weight is 320 g/mol. The minimum Gasteiger partial charge on any atom is -0.481 e. The lowest BCUT2D eigenvalue weighted by molar-refractivity contribution is -0.137. The number of fused-ring (bicyclic) bond motifs is 1. The normalized spacial score (nSPS) is 15.7. The number of carbonyl (C=O) groups is 2. The van der Waals surface area contributed by atoms with Gasteiger partial charge < -0.3 is 15.6 Å². The van der Waals surface area contributed by atoms with Crippen molar-refractivity contribution < 1.29 is 19.4 Å². The fraction of sp³-hybridized carbons (Fsp3) is 0.529. The highest BCUT2D eigenvalue weighted by Gasteiger charge is 2.27. The quantitative estimate of drug-likeness (QED) is 0.893. The minimum atomic E-state index is -0.925. The molecule has 0 spiro atoms. The summed E-state index contributed by atoms with van der Waals surface area (Å²) >= 11 is 0. The van der Waals surface area contributed by atoms with E-state index in [0.29, 0.717) is 6.54 Å². The maximum Gasteiger partial charge on any atom is 0.414 e. The molecule has 0 aliphatic carbocycles. The van der Waals surface area contributed by atoms with Crippen molar-refractivity contribution in [3.63, 3.8) is 0 Å². The number of anilines is 1. The Morgan fingerprint density at radius 1 is 1.39 bits per heavy atom. The summed E-state index contributed by atoms with van der Waals surface area (Å²) in [6.45, 7) is 6.12. The molecule has 23 heavy (non-hydrogen) atoms. The van der Waals surface area contributed by atoms with Crippen molar-refractivity contribution in [2.45, 2.75) is 51.7 Å². The van der Waals surface area contributed by atoms with Crippen molar-refractivity contribution >= 4 is 17.7 Å². The average Bonchev–Trinajstić information content (AvgIpc) is 2.43. The van der Waals surface area contributed by atoms with Gasteiger partial charge in [-0.2, -0.15) is 0 Å². The van der Waals surface area contributed by atoms with Crippen molar-refractivity contribution in [1.82, 2.24) is 0 Å². The van der Waals surface area contributed by atoms with E-state index in [2.05, 4.69) is 0 Å². The van der Waals surface area contributed by atoms with Crippen molar-refractivity contribution in [3.8, 4) is 0 Å². The predicted octanol–water partition coefficient (Wildman–Crippen LogP) is 2.85. The SMILES string of the molecule is CC(C)(C)OC(=O)N1CCCc2cc(C(N)CC(=O)O)ccc21. The number of aryl methyl sites for hydroxylation is 1. The molecule has 1 heterocycles. The third-order valence-corrected chi connectivity index (χ3v) is 3.66. The molecular formula is C17H24N2O4. The zero-order valence-corrected chi connectivity index (χ0v) is 13.8. The highest BCUT2D eigenvalue weighted by molar-refractivity contribution is 5.89. The Morgan fingerprint density at radius 2 is 2.09 bits per heavy atom. The van der Waals surface area contributed by atoms with Crippen LogP contribution in [0.3, 0.4) is 0 Å². The molecule has 0 saturated heterocycles. The molecule has 6 nitrogen and oxygen atoms in total. The summed E-state index contributed by atoms with van der Waals surface area (Å²) in [6.07, 6.45) is 1.20. The molecule has 0 fully saturated rings. The van der Waals surface area contributed by atoms with Crippen LogP contribution in [0, 0.1) is 0 Å². The first-order valence-electron chi connectivity index (χ1n) is 7.78. The van der Waals surface area contributed by atoms with Crippen molar-refractivity contribution in [3.05, 3.63) is 29.3 Å². The van der Waals surface area contributed by atoms with Crippen molar-refractivity contribution in [2.75, 3.05) is 11.4 Å². The maximum atomic E-state index is 12.3. The number of hydrogen-bond acceptors (Lipinski definition) is 4. The molecule has 6 heteroatoms. The molecule has 1 unspecified atom stereocenters. The van der Waals surface area contributed by atoms with Crippen LogP contribution < -0.4 is 10.6 Å². The fourth-order valence-electron chi connectivity index (χ4n) is 2.66. The van der Waals surface area contributed by atoms with Crippen molar-refractivity contribution in [2.24, 2.45) is 5.73 Å². The number of nitrogens with zero attached hydrogens (tertiary/aromatic N) is 1. The molecule has 1 amide bonds. The largest absolute Gasteiger partial charge is 0.481 e. The van der Waals surface area contributed by atoms with E-state index in [1.54, 1.807) is 11.0 Å². The summed E-state index contributed by atoms with van der Waals surface area (Å²) in [5.41, 5.74) is 7.97. The van der Waals surface area contributed by atoms with Crippen LogP contribution in [-0.4, -0.2) is 29.3 Å². The van der Waals surface area contributed by atoms with E-state index >= 15 is 0 Å². The molecule has 1 aliphatic heterocycles. The first-order valence-corrected chi connectivity index (χ1v) is 7.78. The number of benzene rings is 1. The number of aliphatic carboxylic acids is 1. The lowest BCUT2D eigenvalue weighted by atomic mass is 9.96. The second-order valence-electron chi connectivity index (χ2n) is 6.83. The topological polar surface area (TPSA) is 92.9 Å². The number of carboxylic acid groups (broad SMARTS) is 1. The smallest absolute Gasteiger partial charge is 0.414 e. The van der Waals surface area contributed by atoms with E-state index in [-0.39, 0.29) is 12.5 Å². The second-order valence-corrected chi connectivity index (χ2v) is 6.83. The molecule has 0 aromatic heterocycles. The third kappa shape index (κ3) is 4.45. The third-order valence-electron chi connectivity index (χ3n) is 3.66. The number of amides is 1. The first-order chi connectivity index (χ1) is 10.7. The van der Waals surface area contributed by atoms with Crippen LogP contribution in [0.4, 0.5) is 10.5 Å². The van der Waals surface area contributed by atoms with E-state index < -0.39 is 17.6 Å². The van der Waals surface area contributed by atoms with E-state index in [1.807, 2.05) is 32.9 Å². The number of carbonyl (C=O) groups excluding carboxylic acids is 1. The summed E-state index contributed by atoms with van der Waals surface area (Å²) in [5, 5.41) is 8.86. The molecule has 2 rings (SSSR count). The molecule has 1 aromatic carbocycles. The zero-order valence-electron chi connectivity index (χ0n) is 13.8. The summed E-state index contributed by atoms with van der Waals surface area (Å²) < 4.78 is 5.45. The maximum absolute atomic E-state index is 12.3. The van der Waals surface area contributed by atoms with Gasteiger partial charge in [0, 0.05) is 12.6 Å². The Hall–Kier alpha value is -2.08. The molecular weight excluding hydrogens is 296 g/mol. The lowest BCUT2D eigenvalue weighted by Crippen LogP contribution is -2.39. The summed E-state index contributed by atoms with van der Waals surface area (Å²) in [7, 11) is 0. The fourth-order valence-corrected chi connectivity index (χ4v) is 2.66. The molecule has 1 aromatic rings. The van der Waals surface area contributed by atoms with Crippen LogP contribution in [0.5, 0.6) is 0 Å². The van der Waals surface area contributed by atoms with Gasteiger partial charge in [-0.15, -0.1) is 0 Å². The van der Waals surface area contributed by atoms with E-state index in [4.69, 9.17) is 15.6 Å². The number of hydrogen-bond donors (Lipinski definition) is 2. The summed E-state index contributed by atoms with van der Waals surface area (Å²) in [4.78, 5) is 24.8. The number of rotatable bonds is 3. The van der Waals surface area contributed by atoms with Gasteiger partial charge in [-0.3, -0.25) is 9.69 Å². The predicted molar refractivity (Wildman–Crippen MR) is 87.5 cm³/mol. The van der Waals surface area contributed by atoms with E-state index in [9.17, 15) is 9.59 Å². The van der Waals surface area contributed by atoms with Crippen LogP contribution in [0.25, 0.3) is 0 Å². The number of ether oxygens (including phenoxy) is 1. The van der Waals surface area contributed by atoms with E-state index in [1.165, 1.54) is 0 Å². The first kappa shape index (κ1) is 17.3. The molecule has 3 N–H and O–H groups in total. The van der Waals surface area contributed by atoms with E-state index in [0.717, 1.165) is 29.7 Å². The zero-order chi connectivity index (χ0) is 17.2. The van der Waals surface area contributed by atoms with Crippen molar-refractivity contribution in [1.29, 1.82) is 0 Å². The van der Waals surface area contributed by atoms with Crippen LogP contribution in [0.1, 0.15) is 50.8 Å². The molecule has 0 saturated carbocycles. The number of nitrogens with two attached hydrogens (primary N) is 1. The van der Waals surface area contributed by atoms with Gasteiger partial charge in [0.25, 0.3) is 0 Å². The Kier molecular flexibility index (Phi) is 4.94. The van der Waals surface area contributed by atoms with Gasteiger partial charge in [0.05, 0.1) is 12.1 Å². The molecule has 0 bridgehead atoms. The Morgan fingerprint density at radius 3 is 2.70 bits per heavy atom. The van der Waals surface area contributed by atoms with Crippen LogP contribution in [-0.2, 0) is 16.0 Å². The highest BCUT2D eigenvalue weighted by Crippen LogP contribution is 2.31. The van der Waals surface area contributed by atoms with Gasteiger partial charge in [-0.1, -0.05) is 12.1 Å². The van der Waals surface area contributed by atoms with Gasteiger partial charge in [0.15, 0.2) is 0 Å². The minimum absolute atomic E-state index is 0.117. The highest BCUT2D eigenvalue weighted by atomic mass is 16.6. The molecule has 1 aliphatic rings. The van der Waals surface area contributed by atoms with Crippen LogP contribution >= 0.6 is 0 Å². The lowest BCUT2D eigenvalue weighted by Gasteiger charge is -2.32. The van der Waals surface area contributed by atoms with Crippen LogP contribution in [0.15, 0.2) is 18.2 Å². The van der Waals surface area contributed by atoms with Gasteiger partial charge in [-0.05, 0) is 50.8 Å². The number of carboxylic acids is 1. The second kappa shape index (κ2) is 6.58. The standard InChI is InChI=1S/C17H24N2O4/c1-17(2,3)23-16(22)19-8-4-5-12-9-11(6-7-14(12)19)13(18)10-15(20)21/h6-7,9,13H,4-5,8,10,18H2,1-3H3,(H,20,21). The Balaban J connectivity index is 2.23. The Labute approximate surface area is 136 Å². The summed E-state index contributed by atoms with van der Waals surface area (Å²) in [5.74, 6) is -0.925. The molecule has 126 valence electrons. The molecule has 0 radical (unpaired) electrons. The van der Waals surface area contributed by atoms with Gasteiger partial charge >= 0.3 is 12.1 Å². The van der Waals surface area contributed by atoms with Gasteiger partial charge in [0.1, 0.15) is 5.60 Å². The summed E-state index contributed by atoms with van der Waals surface area (Å²) in [6, 6.07) is 4.97. The molecule has 1 atom stereocenters. The van der Waals surface area contributed by atoms with Crippen LogP contribution in [0.2, 0.25) is 0 Å².